The van der Waals surface area contributed by atoms with Crippen molar-refractivity contribution in [3.05, 3.63) is 63.0 Å². The Labute approximate surface area is 162 Å². The summed E-state index contributed by atoms with van der Waals surface area (Å²) in [5, 5.41) is 0.691. The number of rotatable bonds is 4. The third-order valence-electron chi connectivity index (χ3n) is 5.48. The highest BCUT2D eigenvalue weighted by Gasteiger charge is 2.29. The van der Waals surface area contributed by atoms with Crippen molar-refractivity contribution in [2.75, 3.05) is 6.54 Å². The summed E-state index contributed by atoms with van der Waals surface area (Å²) >= 11 is 1.54. The number of hydrogen-bond donors (Lipinski definition) is 0. The van der Waals surface area contributed by atoms with E-state index in [1.807, 2.05) is 36.9 Å². The molecule has 3 heterocycles. The van der Waals surface area contributed by atoms with E-state index in [0.29, 0.717) is 18.4 Å². The van der Waals surface area contributed by atoms with Gasteiger partial charge in [-0.3, -0.25) is 14.2 Å². The molecule has 1 aliphatic heterocycles. The number of aromatic nitrogens is 2. The minimum absolute atomic E-state index is 0.0457. The number of hydrogen-bond acceptors (Lipinski definition) is 4. The first-order valence-corrected chi connectivity index (χ1v) is 10.2. The Morgan fingerprint density at radius 1 is 1.26 bits per heavy atom. The molecule has 1 fully saturated rings. The molecule has 0 aliphatic carbocycles. The molecule has 0 bridgehead atoms. The molecule has 0 radical (unpaired) electrons. The van der Waals surface area contributed by atoms with E-state index >= 15 is 0 Å². The van der Waals surface area contributed by atoms with Crippen LogP contribution in [0.3, 0.4) is 0 Å². The first-order chi connectivity index (χ1) is 13.1. The van der Waals surface area contributed by atoms with E-state index in [1.165, 1.54) is 5.56 Å². The number of nitrogens with zero attached hydrogens (tertiary/aromatic N) is 3. The Morgan fingerprint density at radius 2 is 2.04 bits per heavy atom. The topological polar surface area (TPSA) is 55.2 Å². The smallest absolute Gasteiger partial charge is 0.262 e. The van der Waals surface area contributed by atoms with Crippen molar-refractivity contribution in [2.24, 2.45) is 0 Å². The Morgan fingerprint density at radius 3 is 2.81 bits per heavy atom. The van der Waals surface area contributed by atoms with Gasteiger partial charge in [-0.2, -0.15) is 0 Å². The summed E-state index contributed by atoms with van der Waals surface area (Å²) in [6.07, 6.45) is 3.91. The second-order valence-corrected chi connectivity index (χ2v) is 8.32. The zero-order valence-electron chi connectivity index (χ0n) is 15.6. The molecule has 4 rings (SSSR count). The Hall–Kier alpha value is -2.47. The van der Waals surface area contributed by atoms with Crippen LogP contribution in [0.4, 0.5) is 0 Å². The number of aryl methyl sites for hydroxylation is 3. The van der Waals surface area contributed by atoms with Gasteiger partial charge in [0.2, 0.25) is 5.91 Å². The van der Waals surface area contributed by atoms with Crippen LogP contribution in [-0.2, 0) is 11.3 Å². The summed E-state index contributed by atoms with van der Waals surface area (Å²) < 4.78 is 1.58. The standard InChI is InChI=1S/C21H23N3O2S/c1-14-15(2)27-20-19(14)21(26)23(13-22-20)12-10-18(25)24-11-6-9-17(24)16-7-4-3-5-8-16/h3-5,7-8,13,17H,6,9-12H2,1-2H3. The molecule has 0 N–H and O–H groups in total. The molecule has 1 aromatic carbocycles. The van der Waals surface area contributed by atoms with Crippen molar-refractivity contribution in [3.8, 4) is 0 Å². The molecule has 140 valence electrons. The minimum Gasteiger partial charge on any atom is -0.336 e. The molecule has 27 heavy (non-hydrogen) atoms. The van der Waals surface area contributed by atoms with E-state index < -0.39 is 0 Å². The summed E-state index contributed by atoms with van der Waals surface area (Å²) in [6.45, 7) is 5.12. The zero-order valence-corrected chi connectivity index (χ0v) is 16.5. The van der Waals surface area contributed by atoms with E-state index in [9.17, 15) is 9.59 Å². The number of carbonyl (C=O) groups excluding carboxylic acids is 1. The van der Waals surface area contributed by atoms with Crippen LogP contribution >= 0.6 is 11.3 Å². The predicted molar refractivity (Wildman–Crippen MR) is 108 cm³/mol. The molecule has 1 atom stereocenters. The Bertz CT molecular complexity index is 1040. The highest BCUT2D eigenvalue weighted by Crippen LogP contribution is 2.32. The van der Waals surface area contributed by atoms with Crippen LogP contribution in [0, 0.1) is 13.8 Å². The van der Waals surface area contributed by atoms with Crippen LogP contribution in [0.1, 0.15) is 41.3 Å². The van der Waals surface area contributed by atoms with Gasteiger partial charge in [0.05, 0.1) is 17.8 Å². The van der Waals surface area contributed by atoms with Gasteiger partial charge in [0.25, 0.3) is 5.56 Å². The van der Waals surface area contributed by atoms with Crippen molar-refractivity contribution in [1.29, 1.82) is 0 Å². The van der Waals surface area contributed by atoms with Crippen LogP contribution in [0.5, 0.6) is 0 Å². The molecule has 1 aliphatic rings. The molecular formula is C21H23N3O2S. The van der Waals surface area contributed by atoms with Crippen molar-refractivity contribution in [3.63, 3.8) is 0 Å². The summed E-state index contributed by atoms with van der Waals surface area (Å²) in [4.78, 5) is 33.9. The molecular weight excluding hydrogens is 358 g/mol. The van der Waals surface area contributed by atoms with Crippen LogP contribution in [-0.4, -0.2) is 26.9 Å². The zero-order chi connectivity index (χ0) is 19.0. The van der Waals surface area contributed by atoms with Gasteiger partial charge in [-0.05, 0) is 37.8 Å². The van der Waals surface area contributed by atoms with Gasteiger partial charge in [-0.1, -0.05) is 30.3 Å². The lowest BCUT2D eigenvalue weighted by Gasteiger charge is -2.25. The van der Waals surface area contributed by atoms with Crippen molar-refractivity contribution >= 4 is 27.5 Å². The second-order valence-electron chi connectivity index (χ2n) is 7.11. The Balaban J connectivity index is 1.51. The summed E-state index contributed by atoms with van der Waals surface area (Å²) in [7, 11) is 0. The second kappa shape index (κ2) is 7.27. The van der Waals surface area contributed by atoms with Gasteiger partial charge in [-0.25, -0.2) is 4.98 Å². The average Bonchev–Trinajstić information content (AvgIpc) is 3.27. The lowest BCUT2D eigenvalue weighted by molar-refractivity contribution is -0.132. The molecule has 5 nitrogen and oxygen atoms in total. The monoisotopic (exact) mass is 381 g/mol. The molecule has 3 aromatic rings. The highest BCUT2D eigenvalue weighted by molar-refractivity contribution is 7.18. The van der Waals surface area contributed by atoms with E-state index in [4.69, 9.17) is 0 Å². The molecule has 0 saturated carbocycles. The number of fused-ring (bicyclic) bond motifs is 1. The fourth-order valence-corrected chi connectivity index (χ4v) is 4.86. The van der Waals surface area contributed by atoms with Gasteiger partial charge >= 0.3 is 0 Å². The van der Waals surface area contributed by atoms with Crippen LogP contribution in [0.15, 0.2) is 41.5 Å². The lowest BCUT2D eigenvalue weighted by atomic mass is 10.0. The fraction of sp³-hybridized carbons (Fsp3) is 0.381. The normalized spacial score (nSPS) is 17.0. The third-order valence-corrected chi connectivity index (χ3v) is 6.60. The number of amides is 1. The summed E-state index contributed by atoms with van der Waals surface area (Å²) in [5.41, 5.74) is 2.14. The summed E-state index contributed by atoms with van der Waals surface area (Å²) in [6, 6.07) is 10.3. The third kappa shape index (κ3) is 3.30. The molecule has 2 aromatic heterocycles. The van der Waals surface area contributed by atoms with E-state index in [1.54, 1.807) is 22.2 Å². The van der Waals surface area contributed by atoms with Crippen molar-refractivity contribution in [2.45, 2.75) is 45.7 Å². The molecule has 1 amide bonds. The van der Waals surface area contributed by atoms with Gasteiger partial charge in [0, 0.05) is 24.4 Å². The molecule has 0 spiro atoms. The number of carbonyl (C=O) groups is 1. The average molecular weight is 382 g/mol. The van der Waals surface area contributed by atoms with Crippen LogP contribution < -0.4 is 5.56 Å². The van der Waals surface area contributed by atoms with Crippen molar-refractivity contribution in [1.82, 2.24) is 14.5 Å². The van der Waals surface area contributed by atoms with Crippen LogP contribution in [0.25, 0.3) is 10.2 Å². The van der Waals surface area contributed by atoms with Crippen LogP contribution in [0.2, 0.25) is 0 Å². The predicted octanol–water partition coefficient (Wildman–Crippen LogP) is 3.83. The van der Waals surface area contributed by atoms with Gasteiger partial charge < -0.3 is 4.90 Å². The molecule has 6 heteroatoms. The maximum absolute atomic E-state index is 12.8. The maximum Gasteiger partial charge on any atom is 0.262 e. The van der Waals surface area contributed by atoms with Gasteiger partial charge in [0.15, 0.2) is 0 Å². The lowest BCUT2D eigenvalue weighted by Crippen LogP contribution is -2.32. The Kier molecular flexibility index (Phi) is 4.83. The number of thiophene rings is 1. The van der Waals surface area contributed by atoms with E-state index in [-0.39, 0.29) is 17.5 Å². The molecule has 1 saturated heterocycles. The highest BCUT2D eigenvalue weighted by atomic mass is 32.1. The first kappa shape index (κ1) is 17.9. The molecule has 1 unspecified atom stereocenters. The van der Waals surface area contributed by atoms with E-state index in [2.05, 4.69) is 17.1 Å². The fourth-order valence-electron chi connectivity index (χ4n) is 3.88. The SMILES string of the molecule is Cc1sc2ncn(CCC(=O)N3CCCC3c3ccccc3)c(=O)c2c1C. The summed E-state index contributed by atoms with van der Waals surface area (Å²) in [5.74, 6) is 0.103. The minimum atomic E-state index is -0.0457. The first-order valence-electron chi connectivity index (χ1n) is 9.36. The number of benzene rings is 1. The van der Waals surface area contributed by atoms with E-state index in [0.717, 1.165) is 34.7 Å². The largest absolute Gasteiger partial charge is 0.336 e. The van der Waals surface area contributed by atoms with Gasteiger partial charge in [0.1, 0.15) is 4.83 Å². The van der Waals surface area contributed by atoms with Gasteiger partial charge in [-0.15, -0.1) is 11.3 Å². The van der Waals surface area contributed by atoms with Crippen molar-refractivity contribution < 1.29 is 4.79 Å². The number of likely N-dealkylation sites (tertiary alicyclic amines) is 1. The quantitative estimate of drug-likeness (QED) is 0.690. The maximum atomic E-state index is 12.8.